The van der Waals surface area contributed by atoms with Crippen LogP contribution >= 0.6 is 0 Å². The number of nitrogens with zero attached hydrogens (tertiary/aromatic N) is 2. The Balaban J connectivity index is 2.33. The lowest BCUT2D eigenvalue weighted by molar-refractivity contribution is -0.144. The summed E-state index contributed by atoms with van der Waals surface area (Å²) in [6.07, 6.45) is 0. The Morgan fingerprint density at radius 1 is 1.50 bits per heavy atom. The molecule has 0 fully saturated rings. The second-order valence-corrected chi connectivity index (χ2v) is 3.86. The molecule has 1 N–H and O–H groups in total. The van der Waals surface area contributed by atoms with Crippen LogP contribution in [0.25, 0.3) is 0 Å². The highest BCUT2D eigenvalue weighted by atomic mass is 16.5. The van der Waals surface area contributed by atoms with Crippen molar-refractivity contribution in [3.63, 3.8) is 0 Å². The summed E-state index contributed by atoms with van der Waals surface area (Å²) < 4.78 is 9.62. The largest absolute Gasteiger partial charge is 0.465 e. The van der Waals surface area contributed by atoms with Gasteiger partial charge in [-0.2, -0.15) is 0 Å². The number of hydrogen-bond donors (Lipinski definition) is 1. The molecule has 0 unspecified atom stereocenters. The highest BCUT2D eigenvalue weighted by Crippen LogP contribution is 2.07. The third-order valence-electron chi connectivity index (χ3n) is 2.01. The first-order chi connectivity index (χ1) is 8.51. The topological polar surface area (TPSA) is 84.7 Å². The van der Waals surface area contributed by atoms with Crippen molar-refractivity contribution in [1.29, 1.82) is 0 Å². The number of anilines is 1. The fourth-order valence-electron chi connectivity index (χ4n) is 1.33. The zero-order chi connectivity index (χ0) is 13.5. The van der Waals surface area contributed by atoms with Gasteiger partial charge in [0.05, 0.1) is 25.4 Å². The van der Waals surface area contributed by atoms with Crippen molar-refractivity contribution in [3.05, 3.63) is 11.8 Å². The summed E-state index contributed by atoms with van der Waals surface area (Å²) in [6, 6.07) is 1.61. The van der Waals surface area contributed by atoms with Gasteiger partial charge in [-0.3, -0.25) is 19.8 Å². The Hall–Kier alpha value is -1.89. The van der Waals surface area contributed by atoms with Crippen LogP contribution in [0, 0.1) is 6.92 Å². The number of rotatable bonds is 6. The van der Waals surface area contributed by atoms with Crippen LogP contribution in [-0.4, -0.2) is 48.7 Å². The number of aromatic nitrogens is 1. The van der Waals surface area contributed by atoms with E-state index in [2.05, 4.69) is 10.5 Å². The number of carbonyl (C=O) groups excluding carboxylic acids is 2. The fraction of sp³-hybridized carbons (Fsp3) is 0.545. The number of esters is 1. The van der Waals surface area contributed by atoms with Gasteiger partial charge in [0.1, 0.15) is 0 Å². The molecule has 1 amide bonds. The van der Waals surface area contributed by atoms with Crippen LogP contribution in [0.5, 0.6) is 0 Å². The lowest BCUT2D eigenvalue weighted by Gasteiger charge is -2.14. The van der Waals surface area contributed by atoms with Crippen LogP contribution in [0.15, 0.2) is 10.6 Å². The van der Waals surface area contributed by atoms with Crippen molar-refractivity contribution >= 4 is 17.8 Å². The van der Waals surface area contributed by atoms with Gasteiger partial charge in [0.25, 0.3) is 0 Å². The van der Waals surface area contributed by atoms with Crippen molar-refractivity contribution < 1.29 is 18.8 Å². The Morgan fingerprint density at radius 2 is 2.22 bits per heavy atom. The monoisotopic (exact) mass is 255 g/mol. The van der Waals surface area contributed by atoms with Crippen LogP contribution in [0.1, 0.15) is 12.6 Å². The van der Waals surface area contributed by atoms with Gasteiger partial charge >= 0.3 is 5.97 Å². The van der Waals surface area contributed by atoms with E-state index < -0.39 is 0 Å². The quantitative estimate of drug-likeness (QED) is 0.741. The molecule has 0 aliphatic rings. The average molecular weight is 255 g/mol. The van der Waals surface area contributed by atoms with E-state index in [9.17, 15) is 9.59 Å². The molecule has 7 nitrogen and oxygen atoms in total. The van der Waals surface area contributed by atoms with E-state index in [1.54, 1.807) is 31.9 Å². The lowest BCUT2D eigenvalue weighted by Crippen LogP contribution is -2.34. The van der Waals surface area contributed by atoms with Crippen molar-refractivity contribution in [3.8, 4) is 0 Å². The molecule has 1 aromatic rings. The van der Waals surface area contributed by atoms with Gasteiger partial charge in [0.15, 0.2) is 0 Å². The minimum Gasteiger partial charge on any atom is -0.465 e. The van der Waals surface area contributed by atoms with Gasteiger partial charge in [0.2, 0.25) is 11.8 Å². The van der Waals surface area contributed by atoms with Crippen molar-refractivity contribution in [2.75, 3.05) is 32.1 Å². The SMILES string of the molecule is CCOC(=O)CN(C)CC(=O)Nc1cc(C)no1. The summed E-state index contributed by atoms with van der Waals surface area (Å²) in [5.41, 5.74) is 0.685. The standard InChI is InChI=1S/C11H17N3O4/c1-4-17-11(16)7-14(3)6-9(15)12-10-5-8(2)13-18-10/h5H,4,6-7H2,1-3H3,(H,12,15). The highest BCUT2D eigenvalue weighted by Gasteiger charge is 2.12. The number of hydrogen-bond acceptors (Lipinski definition) is 6. The molecule has 0 atom stereocenters. The van der Waals surface area contributed by atoms with Gasteiger partial charge in [-0.25, -0.2) is 0 Å². The molecule has 100 valence electrons. The summed E-state index contributed by atoms with van der Waals surface area (Å²) >= 11 is 0. The zero-order valence-corrected chi connectivity index (χ0v) is 10.7. The Morgan fingerprint density at radius 3 is 2.78 bits per heavy atom. The van der Waals surface area contributed by atoms with E-state index in [0.717, 1.165) is 0 Å². The Kier molecular flexibility index (Phi) is 5.31. The van der Waals surface area contributed by atoms with Crippen molar-refractivity contribution in [2.24, 2.45) is 0 Å². The summed E-state index contributed by atoms with van der Waals surface area (Å²) in [7, 11) is 1.65. The number of aryl methyl sites for hydroxylation is 1. The predicted molar refractivity (Wildman–Crippen MR) is 64.0 cm³/mol. The molecule has 1 rings (SSSR count). The molecule has 0 aliphatic heterocycles. The van der Waals surface area contributed by atoms with E-state index >= 15 is 0 Å². The Labute approximate surface area is 105 Å². The molecule has 0 aliphatic carbocycles. The van der Waals surface area contributed by atoms with Gasteiger partial charge in [-0.1, -0.05) is 5.16 Å². The second kappa shape index (κ2) is 6.75. The number of amides is 1. The van der Waals surface area contributed by atoms with Crippen molar-refractivity contribution in [1.82, 2.24) is 10.1 Å². The van der Waals surface area contributed by atoms with Gasteiger partial charge < -0.3 is 9.26 Å². The van der Waals surface area contributed by atoms with Gasteiger partial charge in [-0.15, -0.1) is 0 Å². The highest BCUT2D eigenvalue weighted by molar-refractivity contribution is 5.91. The lowest BCUT2D eigenvalue weighted by atomic mass is 10.4. The number of ether oxygens (including phenoxy) is 1. The van der Waals surface area contributed by atoms with E-state index in [4.69, 9.17) is 9.26 Å². The minimum absolute atomic E-state index is 0.0662. The van der Waals surface area contributed by atoms with Gasteiger partial charge in [0, 0.05) is 6.07 Å². The van der Waals surface area contributed by atoms with Crippen molar-refractivity contribution in [2.45, 2.75) is 13.8 Å². The normalized spacial score (nSPS) is 10.4. The van der Waals surface area contributed by atoms with E-state index in [0.29, 0.717) is 18.2 Å². The van der Waals surface area contributed by atoms with Crippen LogP contribution in [0.2, 0.25) is 0 Å². The van der Waals surface area contributed by atoms with E-state index in [1.807, 2.05) is 0 Å². The van der Waals surface area contributed by atoms with Crippen LogP contribution in [0.4, 0.5) is 5.88 Å². The summed E-state index contributed by atoms with van der Waals surface area (Å²) in [6.45, 7) is 3.95. The predicted octanol–water partition coefficient (Wildman–Crippen LogP) is 0.416. The molecule has 0 radical (unpaired) electrons. The summed E-state index contributed by atoms with van der Waals surface area (Å²) in [5.74, 6) is -0.344. The Bertz CT molecular complexity index is 416. The minimum atomic E-state index is -0.358. The zero-order valence-electron chi connectivity index (χ0n) is 10.7. The fourth-order valence-corrected chi connectivity index (χ4v) is 1.33. The molecule has 18 heavy (non-hydrogen) atoms. The summed E-state index contributed by atoms with van der Waals surface area (Å²) in [4.78, 5) is 24.3. The van der Waals surface area contributed by atoms with Gasteiger partial charge in [-0.05, 0) is 20.9 Å². The van der Waals surface area contributed by atoms with E-state index in [-0.39, 0.29) is 25.0 Å². The molecule has 0 saturated heterocycles. The maximum absolute atomic E-state index is 11.6. The third kappa shape index (κ3) is 4.96. The second-order valence-electron chi connectivity index (χ2n) is 3.86. The smallest absolute Gasteiger partial charge is 0.320 e. The molecular weight excluding hydrogens is 238 g/mol. The third-order valence-corrected chi connectivity index (χ3v) is 2.01. The molecule has 0 saturated carbocycles. The number of carbonyl (C=O) groups is 2. The van der Waals surface area contributed by atoms with E-state index in [1.165, 1.54) is 0 Å². The summed E-state index contributed by atoms with van der Waals surface area (Å²) in [5, 5.41) is 6.18. The number of likely N-dealkylation sites (N-methyl/N-ethyl adjacent to an activating group) is 1. The average Bonchev–Trinajstić information content (AvgIpc) is 2.63. The molecule has 0 spiro atoms. The maximum atomic E-state index is 11.6. The maximum Gasteiger partial charge on any atom is 0.320 e. The molecular formula is C11H17N3O4. The van der Waals surface area contributed by atoms with Crippen LogP contribution in [0.3, 0.4) is 0 Å². The van der Waals surface area contributed by atoms with Crippen LogP contribution in [-0.2, 0) is 14.3 Å². The molecule has 1 aromatic heterocycles. The number of nitrogens with one attached hydrogen (secondary N) is 1. The molecule has 0 aromatic carbocycles. The molecule has 7 heteroatoms. The molecule has 1 heterocycles. The molecule has 0 bridgehead atoms. The first kappa shape index (κ1) is 14.2. The first-order valence-electron chi connectivity index (χ1n) is 5.58. The van der Waals surface area contributed by atoms with Crippen LogP contribution < -0.4 is 5.32 Å². The first-order valence-corrected chi connectivity index (χ1v) is 5.58.